The minimum Gasteiger partial charge on any atom is -0.481 e. The van der Waals surface area contributed by atoms with Gasteiger partial charge in [0.25, 0.3) is 5.91 Å². The van der Waals surface area contributed by atoms with Crippen LogP contribution in [-0.4, -0.2) is 158 Å². The van der Waals surface area contributed by atoms with Crippen molar-refractivity contribution >= 4 is 71.1 Å². The fourth-order valence-electron chi connectivity index (χ4n) is 6.87. The van der Waals surface area contributed by atoms with Gasteiger partial charge < -0.3 is 71.6 Å². The number of thioether (sulfide) groups is 1. The zero-order valence-corrected chi connectivity index (χ0v) is 37.1. The molecule has 3 rings (SSSR count). The van der Waals surface area contributed by atoms with E-state index < -0.39 is 174 Å². The van der Waals surface area contributed by atoms with Gasteiger partial charge in [-0.1, -0.05) is 48.0 Å². The number of aliphatic hydroxyl groups is 2. The molecular weight excluding hydrogens is 873 g/mol. The summed E-state index contributed by atoms with van der Waals surface area (Å²) in [7, 11) is 0.983. The molecule has 11 N–H and O–H groups in total. The molecule has 0 aliphatic carbocycles. The Morgan fingerprint density at radius 2 is 1.30 bits per heavy atom. The van der Waals surface area contributed by atoms with Gasteiger partial charge in [0.05, 0.1) is 13.5 Å². The lowest BCUT2D eigenvalue weighted by molar-refractivity contribution is -0.233. The van der Waals surface area contributed by atoms with Crippen molar-refractivity contribution in [1.29, 1.82) is 0 Å². The van der Waals surface area contributed by atoms with E-state index in [0.717, 1.165) is 7.11 Å². The Hall–Kier alpha value is -5.53. The van der Waals surface area contributed by atoms with Gasteiger partial charge in [0, 0.05) is 12.8 Å². The first-order chi connectivity index (χ1) is 29.9. The van der Waals surface area contributed by atoms with Crippen LogP contribution in [0.15, 0.2) is 10.7 Å². The van der Waals surface area contributed by atoms with Gasteiger partial charge in [0.2, 0.25) is 35.8 Å². The lowest BCUT2D eigenvalue weighted by Crippen LogP contribution is -2.64. The summed E-state index contributed by atoms with van der Waals surface area (Å²) in [6.45, 7) is 9.60. The second-order valence-corrected chi connectivity index (χ2v) is 17.6. The van der Waals surface area contributed by atoms with Crippen LogP contribution in [0.5, 0.6) is 0 Å². The van der Waals surface area contributed by atoms with E-state index in [1.165, 1.54) is 13.8 Å². The molecule has 0 unspecified atom stereocenters. The number of hydrogen-bond acceptors (Lipinski definition) is 16. The maximum atomic E-state index is 14.0. The highest BCUT2D eigenvalue weighted by molar-refractivity contribution is 8.04. The molecule has 3 aliphatic rings. The normalized spacial score (nSPS) is 30.6. The summed E-state index contributed by atoms with van der Waals surface area (Å²) in [4.78, 5) is 132. The van der Waals surface area contributed by atoms with E-state index in [0.29, 0.717) is 11.8 Å². The molecule has 3 aliphatic heterocycles. The van der Waals surface area contributed by atoms with Crippen molar-refractivity contribution in [2.24, 2.45) is 17.8 Å². The zero-order valence-electron chi connectivity index (χ0n) is 36.3. The molecule has 0 aromatic rings. The van der Waals surface area contributed by atoms with Gasteiger partial charge in [-0.25, -0.2) is 9.59 Å². The van der Waals surface area contributed by atoms with Gasteiger partial charge in [-0.2, -0.15) is 0 Å². The quantitative estimate of drug-likeness (QED) is 0.0896. The number of methoxy groups -OCH3 is 1. The molecule has 0 saturated carbocycles. The highest BCUT2D eigenvalue weighted by Gasteiger charge is 2.53. The Bertz CT molecular complexity index is 1840. The number of rotatable bonds is 12. The topological polar surface area (TPSA) is 372 Å². The predicted octanol–water partition coefficient (Wildman–Crippen LogP) is -2.57. The molecule has 6 amide bonds. The number of nitrogens with one attached hydrogen (secondary N) is 6. The maximum absolute atomic E-state index is 14.0. The number of carboxylic acids is 3. The van der Waals surface area contributed by atoms with Crippen LogP contribution in [-0.2, 0) is 62.2 Å². The highest BCUT2D eigenvalue weighted by Crippen LogP contribution is 2.43. The number of hydrogen-bond donors (Lipinski definition) is 11. The number of fused-ring (bicyclic) bond motifs is 2. The molecule has 64 heavy (non-hydrogen) atoms. The van der Waals surface area contributed by atoms with E-state index in [2.05, 4.69) is 31.9 Å². The average molecular weight is 931 g/mol. The van der Waals surface area contributed by atoms with Gasteiger partial charge in [-0.05, 0) is 30.6 Å². The number of esters is 1. The van der Waals surface area contributed by atoms with Crippen LogP contribution >= 0.6 is 11.8 Å². The molecule has 12 atom stereocenters. The number of amides is 6. The fourth-order valence-corrected chi connectivity index (χ4v) is 8.11. The number of carbonyl (C=O) groups excluding carboxylic acids is 7. The van der Waals surface area contributed by atoms with Crippen molar-refractivity contribution in [3.63, 3.8) is 0 Å². The van der Waals surface area contributed by atoms with Crippen molar-refractivity contribution < 1.29 is 87.7 Å². The lowest BCUT2D eigenvalue weighted by Gasteiger charge is -2.44. The molecule has 2 saturated heterocycles. The Morgan fingerprint density at radius 1 is 0.734 bits per heavy atom. The molecule has 0 spiro atoms. The van der Waals surface area contributed by atoms with Crippen LogP contribution in [0.4, 0.5) is 0 Å². The van der Waals surface area contributed by atoms with E-state index in [1.807, 2.05) is 0 Å². The van der Waals surface area contributed by atoms with E-state index in [1.54, 1.807) is 27.7 Å². The van der Waals surface area contributed by atoms with E-state index in [9.17, 15) is 73.5 Å². The van der Waals surface area contributed by atoms with Crippen molar-refractivity contribution in [3.05, 3.63) is 10.7 Å². The second-order valence-electron chi connectivity index (χ2n) is 16.4. The predicted molar refractivity (Wildman–Crippen MR) is 219 cm³/mol. The Labute approximate surface area is 371 Å². The average Bonchev–Trinajstić information content (AvgIpc) is 3.21. The summed E-state index contributed by atoms with van der Waals surface area (Å²) >= 11 is 0.541. The largest absolute Gasteiger partial charge is 0.481 e. The highest BCUT2D eigenvalue weighted by atomic mass is 32.2. The SMILES string of the molecule is CC[C@H](C)[C@@H]1NC(=O)[C@H](CCC(=O)O)NC(=O)[C@H]2O[C@@H]3OC(=C(C(=O)OC)S[C@@H]3[C@@H](O)[C@@H]2O)C[C@@H](C(=O)O)NC(=O)[C@H](C(C)C)NC(=O)[C@H](CC(=O)O)NC(=O)[C@H](CC(C)C)NC1=O. The summed E-state index contributed by atoms with van der Waals surface area (Å²) in [5.41, 5.74) is 0. The summed E-state index contributed by atoms with van der Waals surface area (Å²) in [6, 6.07) is -9.94. The summed E-state index contributed by atoms with van der Waals surface area (Å²) in [6.07, 6.45) is -10.6. The molecular formula is C39H58N6O18S. The molecule has 0 radical (unpaired) electrons. The number of carboxylic acid groups (broad SMARTS) is 3. The molecule has 3 heterocycles. The van der Waals surface area contributed by atoms with E-state index in [4.69, 9.17) is 14.2 Å². The zero-order chi connectivity index (χ0) is 48.3. The number of aliphatic carboxylic acids is 3. The lowest BCUT2D eigenvalue weighted by atomic mass is 9.95. The Morgan fingerprint density at radius 3 is 1.84 bits per heavy atom. The van der Waals surface area contributed by atoms with Crippen LogP contribution < -0.4 is 31.9 Å². The number of carbonyl (C=O) groups is 10. The van der Waals surface area contributed by atoms with Gasteiger partial charge in [0.1, 0.15) is 64.4 Å². The van der Waals surface area contributed by atoms with Crippen molar-refractivity contribution in [2.45, 2.75) is 146 Å². The third-order valence-corrected chi connectivity index (χ3v) is 12.0. The van der Waals surface area contributed by atoms with Gasteiger partial charge in [-0.3, -0.25) is 38.4 Å². The summed E-state index contributed by atoms with van der Waals surface area (Å²) in [5.74, 6) is -14.5. The molecule has 0 aromatic carbocycles. The molecule has 0 aromatic heterocycles. The first-order valence-electron chi connectivity index (χ1n) is 20.5. The van der Waals surface area contributed by atoms with Crippen LogP contribution in [0.25, 0.3) is 0 Å². The Kier molecular flexibility index (Phi) is 19.3. The van der Waals surface area contributed by atoms with Crippen molar-refractivity contribution in [3.8, 4) is 0 Å². The second kappa shape index (κ2) is 23.4. The van der Waals surface area contributed by atoms with Crippen LogP contribution in [0.3, 0.4) is 0 Å². The standard InChI is InChI=1S/C39H58N6O18S/c1-8-16(6)25-35(56)42-18(11-14(2)3)32(53)41-19(13-23(48)49)33(54)44-24(15(4)5)34(55)43-20(37(58)59)12-21-29(38(60)61-7)64-30-27(51)26(50)28(63-39(30)62-21)36(57)40-17(31(52)45-25)9-10-22(46)47/h14-20,24-28,30,39,50-51H,8-13H2,1-7H3,(H,40,57)(H,41,53)(H,42,56)(H,43,55)(H,44,54)(H,45,52)(H,46,47)(H,48,49)(H,58,59)/t16-,17-,18-,19-,20-,24-,25-,26-,27-,28-,30+,39-/m0/s1. The first kappa shape index (κ1) is 52.8. The minimum atomic E-state index is -2.06. The van der Waals surface area contributed by atoms with Crippen molar-refractivity contribution in [2.75, 3.05) is 7.11 Å². The van der Waals surface area contributed by atoms with E-state index >= 15 is 0 Å². The van der Waals surface area contributed by atoms with Gasteiger partial charge in [-0.15, -0.1) is 11.8 Å². The number of ether oxygens (including phenoxy) is 3. The molecule has 3 bridgehead atoms. The third kappa shape index (κ3) is 14.0. The van der Waals surface area contributed by atoms with Gasteiger partial charge in [0.15, 0.2) is 6.10 Å². The van der Waals surface area contributed by atoms with Crippen LogP contribution in [0, 0.1) is 17.8 Å². The molecule has 2 fully saturated rings. The summed E-state index contributed by atoms with van der Waals surface area (Å²) < 4.78 is 16.4. The fraction of sp³-hybridized carbons (Fsp3) is 0.692. The monoisotopic (exact) mass is 930 g/mol. The van der Waals surface area contributed by atoms with E-state index in [-0.39, 0.29) is 18.8 Å². The minimum absolute atomic E-state index is 0.0706. The molecule has 25 heteroatoms. The van der Waals surface area contributed by atoms with Crippen LogP contribution in [0.1, 0.15) is 80.1 Å². The Balaban J connectivity index is 2.22. The first-order valence-corrected chi connectivity index (χ1v) is 21.4. The molecule has 24 nitrogen and oxygen atoms in total. The number of aliphatic hydroxyl groups excluding tert-OH is 2. The van der Waals surface area contributed by atoms with Crippen molar-refractivity contribution in [1.82, 2.24) is 31.9 Å². The maximum Gasteiger partial charge on any atom is 0.347 e. The van der Waals surface area contributed by atoms with Crippen LogP contribution in [0.2, 0.25) is 0 Å². The molecule has 358 valence electrons. The smallest absolute Gasteiger partial charge is 0.347 e. The third-order valence-electron chi connectivity index (χ3n) is 10.6. The summed E-state index contributed by atoms with van der Waals surface area (Å²) in [5, 5.41) is 64.6. The van der Waals surface area contributed by atoms with Gasteiger partial charge >= 0.3 is 23.9 Å².